The van der Waals surface area contributed by atoms with Crippen LogP contribution in [0.25, 0.3) is 25.8 Å². The monoisotopic (exact) mass is 839 g/mol. The molecule has 2 heterocycles. The fourth-order valence-corrected chi connectivity index (χ4v) is 11.9. The Hall–Kier alpha value is -5.87. The highest BCUT2D eigenvalue weighted by molar-refractivity contribution is 8.09. The van der Waals surface area contributed by atoms with Gasteiger partial charge in [0.05, 0.1) is 0 Å². The Balaban J connectivity index is 0.808. The smallest absolute Gasteiger partial charge is 0.0458 e. The lowest BCUT2D eigenvalue weighted by Crippen LogP contribution is -2.24. The normalized spacial score (nSPS) is 19.1. The van der Waals surface area contributed by atoms with Crippen LogP contribution in [-0.2, 0) is 6.42 Å². The molecule has 306 valence electrons. The number of thiophene rings is 1. The Morgan fingerprint density at radius 3 is 1.79 bits per heavy atom. The summed E-state index contributed by atoms with van der Waals surface area (Å²) in [5.41, 5.74) is 15.2. The van der Waals surface area contributed by atoms with Crippen LogP contribution in [0.4, 0.5) is 5.69 Å². The number of thioether (sulfide) groups is 1. The van der Waals surface area contributed by atoms with E-state index in [1.807, 2.05) is 11.3 Å². The maximum absolute atomic E-state index is 2.50. The highest BCUT2D eigenvalue weighted by atomic mass is 32.2. The Labute approximate surface area is 377 Å². The van der Waals surface area contributed by atoms with Gasteiger partial charge < -0.3 is 4.90 Å². The van der Waals surface area contributed by atoms with Gasteiger partial charge in [-0.15, -0.1) is 23.1 Å². The summed E-state index contributed by atoms with van der Waals surface area (Å²) in [5.74, 6) is 0.986. The van der Waals surface area contributed by atoms with Gasteiger partial charge in [-0.2, -0.15) is 0 Å². The number of anilines is 1. The third-order valence-corrected chi connectivity index (χ3v) is 15.6. The molecular weight excluding hydrogens is 787 g/mol. The molecule has 3 heteroatoms. The van der Waals surface area contributed by atoms with Gasteiger partial charge in [0.2, 0.25) is 0 Å². The van der Waals surface area contributed by atoms with Crippen LogP contribution >= 0.6 is 23.1 Å². The average molecular weight is 840 g/mol. The molecule has 1 aromatic heterocycles. The molecule has 6 aromatic rings. The van der Waals surface area contributed by atoms with Gasteiger partial charge >= 0.3 is 0 Å². The van der Waals surface area contributed by atoms with E-state index in [-0.39, 0.29) is 0 Å². The van der Waals surface area contributed by atoms with Crippen LogP contribution in [0.15, 0.2) is 234 Å². The maximum Gasteiger partial charge on any atom is 0.0458 e. The zero-order chi connectivity index (χ0) is 41.5. The molecule has 5 aromatic carbocycles. The van der Waals surface area contributed by atoms with Crippen LogP contribution in [-0.4, -0.2) is 5.25 Å². The van der Waals surface area contributed by atoms with Gasteiger partial charge in [-0.1, -0.05) is 175 Å². The van der Waals surface area contributed by atoms with Crippen molar-refractivity contribution in [3.8, 4) is 20.9 Å². The summed E-state index contributed by atoms with van der Waals surface area (Å²) in [7, 11) is 0. The van der Waals surface area contributed by atoms with Gasteiger partial charge in [0.15, 0.2) is 0 Å². The number of allylic oxidation sites excluding steroid dienone is 12. The van der Waals surface area contributed by atoms with Gasteiger partial charge in [-0.3, -0.25) is 0 Å². The van der Waals surface area contributed by atoms with Crippen LogP contribution < -0.4 is 4.90 Å². The molecule has 0 radical (unpaired) electrons. The summed E-state index contributed by atoms with van der Waals surface area (Å²) in [6.07, 6.45) is 28.2. The quantitative estimate of drug-likeness (QED) is 0.114. The SMILES string of the molecule is C1=CC(C2CC=C(c3ccccc3)S2)CC=C1N(C1=CC=C(C2=CC=C(C[C@@H](Cc3ccc(-c4ccc(-c5ccccc5)s4)cc3)c3ccccc3)CC2)CC1)c1ccccc1. The molecule has 0 bridgehead atoms. The summed E-state index contributed by atoms with van der Waals surface area (Å²) < 4.78 is 0. The highest BCUT2D eigenvalue weighted by Crippen LogP contribution is 2.45. The number of benzene rings is 5. The van der Waals surface area contributed by atoms with E-state index in [4.69, 9.17) is 0 Å². The average Bonchev–Trinajstić information content (AvgIpc) is 4.06. The van der Waals surface area contributed by atoms with Crippen LogP contribution in [0.2, 0.25) is 0 Å². The Kier molecular flexibility index (Phi) is 12.3. The molecule has 0 spiro atoms. The van der Waals surface area contributed by atoms with Crippen molar-refractivity contribution < 1.29 is 0 Å². The number of hydrogen-bond donors (Lipinski definition) is 0. The van der Waals surface area contributed by atoms with E-state index in [9.17, 15) is 0 Å². The second-order valence-corrected chi connectivity index (χ2v) is 19.4. The lowest BCUT2D eigenvalue weighted by molar-refractivity contribution is 0.619. The maximum atomic E-state index is 2.50. The Morgan fingerprint density at radius 2 is 1.16 bits per heavy atom. The lowest BCUT2D eigenvalue weighted by atomic mass is 9.82. The number of rotatable bonds is 13. The lowest BCUT2D eigenvalue weighted by Gasteiger charge is -2.33. The number of nitrogens with zero attached hydrogens (tertiary/aromatic N) is 1. The van der Waals surface area contributed by atoms with E-state index in [1.54, 1.807) is 5.57 Å². The molecule has 1 aliphatic heterocycles. The van der Waals surface area contributed by atoms with E-state index in [1.165, 1.54) is 70.7 Å². The van der Waals surface area contributed by atoms with E-state index in [2.05, 4.69) is 223 Å². The minimum atomic E-state index is 0.441. The number of para-hydroxylation sites is 1. The van der Waals surface area contributed by atoms with Crippen molar-refractivity contribution in [2.24, 2.45) is 5.92 Å². The van der Waals surface area contributed by atoms with Gasteiger partial charge in [0, 0.05) is 37.0 Å². The summed E-state index contributed by atoms with van der Waals surface area (Å²) >= 11 is 3.93. The molecule has 2 unspecified atom stereocenters. The van der Waals surface area contributed by atoms with Crippen molar-refractivity contribution in [3.63, 3.8) is 0 Å². The minimum Gasteiger partial charge on any atom is -0.315 e. The van der Waals surface area contributed by atoms with Gasteiger partial charge in [0.25, 0.3) is 0 Å². The van der Waals surface area contributed by atoms with Crippen LogP contribution in [0, 0.1) is 5.92 Å². The molecule has 0 fully saturated rings. The largest absolute Gasteiger partial charge is 0.315 e. The second kappa shape index (κ2) is 19.0. The van der Waals surface area contributed by atoms with Crippen LogP contribution in [0.5, 0.6) is 0 Å². The first-order chi connectivity index (χ1) is 30.7. The third-order valence-electron chi connectivity index (χ3n) is 13.0. The molecule has 10 rings (SSSR count). The van der Waals surface area contributed by atoms with Gasteiger partial charge in [-0.05, 0) is 139 Å². The van der Waals surface area contributed by atoms with Crippen molar-refractivity contribution in [1.29, 1.82) is 0 Å². The molecule has 62 heavy (non-hydrogen) atoms. The minimum absolute atomic E-state index is 0.441. The molecule has 1 nitrogen and oxygen atoms in total. The molecular formula is C59H53NS2. The second-order valence-electron chi connectivity index (χ2n) is 17.0. The van der Waals surface area contributed by atoms with E-state index >= 15 is 0 Å². The first-order valence-electron chi connectivity index (χ1n) is 22.4. The molecule has 0 saturated heterocycles. The third kappa shape index (κ3) is 9.31. The van der Waals surface area contributed by atoms with Gasteiger partial charge in [-0.25, -0.2) is 0 Å². The van der Waals surface area contributed by atoms with Crippen LogP contribution in [0.1, 0.15) is 67.6 Å². The Morgan fingerprint density at radius 1 is 0.532 bits per heavy atom. The molecule has 3 aliphatic carbocycles. The summed E-state index contributed by atoms with van der Waals surface area (Å²) in [5, 5.41) is 0.593. The summed E-state index contributed by atoms with van der Waals surface area (Å²) in [6.45, 7) is 0. The highest BCUT2D eigenvalue weighted by Gasteiger charge is 2.28. The van der Waals surface area contributed by atoms with Crippen molar-refractivity contribution >= 4 is 33.7 Å². The zero-order valence-electron chi connectivity index (χ0n) is 35.3. The summed E-state index contributed by atoms with van der Waals surface area (Å²) in [6, 6.07) is 57.5. The van der Waals surface area contributed by atoms with E-state index in [0.29, 0.717) is 17.1 Å². The predicted octanol–water partition coefficient (Wildman–Crippen LogP) is 16.6. The van der Waals surface area contributed by atoms with Gasteiger partial charge in [0.1, 0.15) is 0 Å². The first-order valence-corrected chi connectivity index (χ1v) is 24.1. The van der Waals surface area contributed by atoms with E-state index < -0.39 is 0 Å². The van der Waals surface area contributed by atoms with Crippen LogP contribution in [0.3, 0.4) is 0 Å². The van der Waals surface area contributed by atoms with Crippen molar-refractivity contribution in [2.75, 3.05) is 4.90 Å². The van der Waals surface area contributed by atoms with Crippen molar-refractivity contribution in [1.82, 2.24) is 0 Å². The fraction of sp³-hybridized carbons (Fsp3) is 0.186. The fourth-order valence-electron chi connectivity index (χ4n) is 9.55. The Bertz CT molecular complexity index is 2690. The molecule has 0 saturated carbocycles. The number of hydrogen-bond acceptors (Lipinski definition) is 3. The molecule has 0 N–H and O–H groups in total. The van der Waals surface area contributed by atoms with Crippen molar-refractivity contribution in [3.05, 3.63) is 251 Å². The molecule has 0 amide bonds. The standard InChI is InChI=1S/C59H53NS2/c1-5-13-45(14-6-1)52(42-44-23-27-50(28-24-44)58-39-37-56(61-58)48-15-7-2-8-16-48)41-43-21-25-46(26-22-43)47-29-33-54(34-30-47)60(53-19-11-4-12-20-53)55-35-31-51(32-36-55)59-40-38-57(62-59)49-17-9-3-10-18-49/h1-21,23-25,27-29,31,33,35-39,51-52,59H,22,26,30,32,34,40-42H2/t51?,52-,59?/m0/s1. The topological polar surface area (TPSA) is 3.24 Å². The van der Waals surface area contributed by atoms with Crippen molar-refractivity contribution in [2.45, 2.75) is 62.5 Å². The zero-order valence-corrected chi connectivity index (χ0v) is 36.9. The summed E-state index contributed by atoms with van der Waals surface area (Å²) in [4.78, 5) is 6.57. The van der Waals surface area contributed by atoms with E-state index in [0.717, 1.165) is 51.4 Å². The predicted molar refractivity (Wildman–Crippen MR) is 268 cm³/mol. The first kappa shape index (κ1) is 40.2. The molecule has 4 aliphatic rings. The molecule has 3 atom stereocenters.